The van der Waals surface area contributed by atoms with Gasteiger partial charge in [0.05, 0.1) is 12.0 Å². The molecule has 0 amide bonds. The Bertz CT molecular complexity index is 540. The molecule has 0 aromatic heterocycles. The van der Waals surface area contributed by atoms with Crippen LogP contribution in [0.2, 0.25) is 18.1 Å². The highest BCUT2D eigenvalue weighted by atomic mass is 32.2. The Morgan fingerprint density at radius 3 is 1.75 bits per heavy atom. The van der Waals surface area contributed by atoms with Crippen molar-refractivity contribution in [3.05, 3.63) is 0 Å². The second-order valence-corrected chi connectivity index (χ2v) is 18.9. The number of carbonyl (C=O) groups is 1. The third-order valence-corrected chi connectivity index (χ3v) is 12.7. The normalized spacial score (nSPS) is 13.7. The number of esters is 1. The molecule has 216 valence electrons. The van der Waals surface area contributed by atoms with Crippen LogP contribution in [-0.2, 0) is 18.7 Å². The first-order valence-electron chi connectivity index (χ1n) is 14.8. The van der Waals surface area contributed by atoms with Crippen molar-refractivity contribution in [2.24, 2.45) is 5.41 Å². The maximum atomic E-state index is 12.3. The highest BCUT2D eigenvalue weighted by Crippen LogP contribution is 2.37. The van der Waals surface area contributed by atoms with E-state index >= 15 is 0 Å². The SMILES string of the molecule is CCCCCCCCSCCCCCCCCOC[C@H](COC(=O)C(C)(C)C)O[Si](C)(C)C(C)(C)C. The van der Waals surface area contributed by atoms with E-state index in [2.05, 4.69) is 52.6 Å². The van der Waals surface area contributed by atoms with E-state index in [0.717, 1.165) is 13.0 Å². The predicted molar refractivity (Wildman–Crippen MR) is 162 cm³/mol. The number of carbonyl (C=O) groups excluding carboxylic acids is 1. The van der Waals surface area contributed by atoms with Crippen molar-refractivity contribution in [3.63, 3.8) is 0 Å². The molecular weight excluding hydrogens is 484 g/mol. The summed E-state index contributed by atoms with van der Waals surface area (Å²) in [6.07, 6.45) is 15.8. The van der Waals surface area contributed by atoms with Gasteiger partial charge in [0.15, 0.2) is 8.32 Å². The molecular formula is C30H62O4SSi. The van der Waals surface area contributed by atoms with Crippen molar-refractivity contribution in [1.29, 1.82) is 0 Å². The zero-order valence-electron chi connectivity index (χ0n) is 25.6. The molecule has 0 bridgehead atoms. The van der Waals surface area contributed by atoms with Crippen LogP contribution >= 0.6 is 11.8 Å². The summed E-state index contributed by atoms with van der Waals surface area (Å²) in [5.41, 5.74) is -0.505. The first-order chi connectivity index (χ1) is 16.8. The third kappa shape index (κ3) is 19.1. The number of hydrogen-bond donors (Lipinski definition) is 0. The van der Waals surface area contributed by atoms with Crippen molar-refractivity contribution in [1.82, 2.24) is 0 Å². The minimum atomic E-state index is -1.97. The highest BCUT2D eigenvalue weighted by molar-refractivity contribution is 7.99. The zero-order valence-corrected chi connectivity index (χ0v) is 27.5. The van der Waals surface area contributed by atoms with Gasteiger partial charge in [-0.05, 0) is 69.7 Å². The second-order valence-electron chi connectivity index (χ2n) is 12.9. The van der Waals surface area contributed by atoms with E-state index in [1.807, 2.05) is 20.8 Å². The molecule has 0 aliphatic rings. The molecule has 0 saturated carbocycles. The number of unbranched alkanes of at least 4 members (excludes halogenated alkanes) is 10. The molecule has 0 unspecified atom stereocenters. The second kappa shape index (κ2) is 19.9. The Kier molecular flexibility index (Phi) is 19.9. The van der Waals surface area contributed by atoms with Gasteiger partial charge in [-0.15, -0.1) is 0 Å². The summed E-state index contributed by atoms with van der Waals surface area (Å²) in [5, 5.41) is 0.103. The molecule has 0 aromatic carbocycles. The fourth-order valence-electron chi connectivity index (χ4n) is 3.51. The van der Waals surface area contributed by atoms with Gasteiger partial charge in [0.2, 0.25) is 0 Å². The summed E-state index contributed by atoms with van der Waals surface area (Å²) < 4.78 is 18.1. The van der Waals surface area contributed by atoms with Crippen LogP contribution < -0.4 is 0 Å². The molecule has 0 rings (SSSR count). The van der Waals surface area contributed by atoms with Gasteiger partial charge in [-0.25, -0.2) is 0 Å². The monoisotopic (exact) mass is 546 g/mol. The lowest BCUT2D eigenvalue weighted by atomic mass is 9.97. The molecule has 36 heavy (non-hydrogen) atoms. The van der Waals surface area contributed by atoms with Crippen LogP contribution in [0.3, 0.4) is 0 Å². The summed E-state index contributed by atoms with van der Waals surface area (Å²) in [7, 11) is -1.97. The van der Waals surface area contributed by atoms with Gasteiger partial charge < -0.3 is 13.9 Å². The van der Waals surface area contributed by atoms with E-state index in [9.17, 15) is 4.79 Å². The molecule has 0 aliphatic carbocycles. The summed E-state index contributed by atoms with van der Waals surface area (Å²) in [4.78, 5) is 12.3. The fourth-order valence-corrected chi connectivity index (χ4v) is 5.85. The average molecular weight is 547 g/mol. The summed E-state index contributed by atoms with van der Waals surface area (Å²) in [6.45, 7) is 20.6. The van der Waals surface area contributed by atoms with Crippen LogP contribution in [0, 0.1) is 5.41 Å². The van der Waals surface area contributed by atoms with Gasteiger partial charge in [-0.3, -0.25) is 4.79 Å². The van der Waals surface area contributed by atoms with E-state index in [-0.39, 0.29) is 23.7 Å². The lowest BCUT2D eigenvalue weighted by Gasteiger charge is -2.39. The predicted octanol–water partition coefficient (Wildman–Crippen LogP) is 9.42. The molecule has 6 heteroatoms. The van der Waals surface area contributed by atoms with Gasteiger partial charge in [-0.2, -0.15) is 11.8 Å². The molecule has 0 spiro atoms. The number of thioether (sulfide) groups is 1. The highest BCUT2D eigenvalue weighted by Gasteiger charge is 2.39. The van der Waals surface area contributed by atoms with Crippen molar-refractivity contribution < 1.29 is 18.7 Å². The van der Waals surface area contributed by atoms with E-state index in [0.29, 0.717) is 6.61 Å². The van der Waals surface area contributed by atoms with Gasteiger partial charge in [0, 0.05) is 6.61 Å². The van der Waals surface area contributed by atoms with E-state index < -0.39 is 13.7 Å². The minimum Gasteiger partial charge on any atom is -0.462 e. The molecule has 0 heterocycles. The zero-order chi connectivity index (χ0) is 27.5. The molecule has 4 nitrogen and oxygen atoms in total. The van der Waals surface area contributed by atoms with Crippen LogP contribution in [0.5, 0.6) is 0 Å². The summed E-state index contributed by atoms with van der Waals surface area (Å²) >= 11 is 2.15. The summed E-state index contributed by atoms with van der Waals surface area (Å²) in [5.74, 6) is 2.49. The quantitative estimate of drug-likeness (QED) is 0.0768. The molecule has 0 saturated heterocycles. The fraction of sp³-hybridized carbons (Fsp3) is 0.967. The summed E-state index contributed by atoms with van der Waals surface area (Å²) in [6, 6.07) is 0. The van der Waals surface area contributed by atoms with Crippen LogP contribution in [0.25, 0.3) is 0 Å². The Balaban J connectivity index is 3.96. The molecule has 1 atom stereocenters. The standard InChI is InChI=1S/C30H62O4SSi/c1-10-11-12-13-17-20-23-35-24-21-18-15-14-16-19-22-32-25-27(26-33-28(31)29(2,3)4)34-36(8,9)30(5,6)7/h27H,10-26H2,1-9H3/t27-/m1/s1. The molecule has 0 radical (unpaired) electrons. The van der Waals surface area contributed by atoms with Crippen LogP contribution in [0.4, 0.5) is 0 Å². The molecule has 0 N–H and O–H groups in total. The Morgan fingerprint density at radius 1 is 0.750 bits per heavy atom. The van der Waals surface area contributed by atoms with Crippen LogP contribution in [0.1, 0.15) is 126 Å². The molecule has 0 aromatic rings. The smallest absolute Gasteiger partial charge is 0.311 e. The van der Waals surface area contributed by atoms with Crippen molar-refractivity contribution in [2.45, 2.75) is 150 Å². The van der Waals surface area contributed by atoms with Gasteiger partial charge in [0.1, 0.15) is 12.7 Å². The van der Waals surface area contributed by atoms with E-state index in [4.69, 9.17) is 13.9 Å². The van der Waals surface area contributed by atoms with Crippen LogP contribution in [0.15, 0.2) is 0 Å². The van der Waals surface area contributed by atoms with Gasteiger partial charge in [0.25, 0.3) is 0 Å². The molecule has 0 fully saturated rings. The van der Waals surface area contributed by atoms with Gasteiger partial charge in [-0.1, -0.05) is 85.5 Å². The first-order valence-corrected chi connectivity index (χ1v) is 18.9. The van der Waals surface area contributed by atoms with E-state index in [1.165, 1.54) is 82.1 Å². The van der Waals surface area contributed by atoms with Crippen molar-refractivity contribution >= 4 is 26.0 Å². The Labute approximate surface area is 230 Å². The van der Waals surface area contributed by atoms with Gasteiger partial charge >= 0.3 is 5.97 Å². The van der Waals surface area contributed by atoms with Crippen molar-refractivity contribution in [2.75, 3.05) is 31.3 Å². The first kappa shape index (κ1) is 36.0. The maximum absolute atomic E-state index is 12.3. The Morgan fingerprint density at radius 2 is 1.25 bits per heavy atom. The number of ether oxygens (including phenoxy) is 2. The third-order valence-electron chi connectivity index (χ3n) is 7.05. The van der Waals surface area contributed by atoms with Crippen LogP contribution in [-0.4, -0.2) is 51.7 Å². The number of hydrogen-bond acceptors (Lipinski definition) is 5. The Hall–Kier alpha value is -0.0431. The van der Waals surface area contributed by atoms with E-state index in [1.54, 1.807) is 0 Å². The molecule has 0 aliphatic heterocycles. The minimum absolute atomic E-state index is 0.103. The topological polar surface area (TPSA) is 44.8 Å². The number of rotatable bonds is 22. The average Bonchev–Trinajstić information content (AvgIpc) is 2.77. The lowest BCUT2D eigenvalue weighted by Crippen LogP contribution is -2.46. The largest absolute Gasteiger partial charge is 0.462 e. The maximum Gasteiger partial charge on any atom is 0.311 e. The van der Waals surface area contributed by atoms with Crippen molar-refractivity contribution in [3.8, 4) is 0 Å². The lowest BCUT2D eigenvalue weighted by molar-refractivity contribution is -0.156.